The van der Waals surface area contributed by atoms with Crippen molar-refractivity contribution in [2.45, 2.75) is 0 Å². The third kappa shape index (κ3) is 1.29. The Hall–Kier alpha value is -1.44. The molecule has 0 aromatic heterocycles. The first-order valence-corrected chi connectivity index (χ1v) is 2.89. The van der Waals surface area contributed by atoms with Crippen molar-refractivity contribution in [2.24, 2.45) is 4.99 Å². The van der Waals surface area contributed by atoms with E-state index in [-0.39, 0.29) is 0 Å². The first-order chi connectivity index (χ1) is 4.86. The molecule has 0 saturated carbocycles. The topological polar surface area (TPSA) is 29.4 Å². The molecule has 2 nitrogen and oxygen atoms in total. The molecular formula is C8H7NO. The summed E-state index contributed by atoms with van der Waals surface area (Å²) < 4.78 is 0. The highest BCUT2D eigenvalue weighted by molar-refractivity contribution is 5.76. The molecule has 0 aliphatic rings. The van der Waals surface area contributed by atoms with Gasteiger partial charge in [0.1, 0.15) is 6.29 Å². The van der Waals surface area contributed by atoms with Crippen LogP contribution in [0.4, 0.5) is 5.69 Å². The Kier molecular flexibility index (Phi) is 1.95. The van der Waals surface area contributed by atoms with Gasteiger partial charge < -0.3 is 0 Å². The van der Waals surface area contributed by atoms with E-state index in [1.807, 2.05) is 0 Å². The van der Waals surface area contributed by atoms with E-state index in [4.69, 9.17) is 0 Å². The van der Waals surface area contributed by atoms with Crippen molar-refractivity contribution in [1.82, 2.24) is 0 Å². The van der Waals surface area contributed by atoms with Crippen LogP contribution in [0.3, 0.4) is 0 Å². The Balaban J connectivity index is 3.09. The molecule has 50 valence electrons. The van der Waals surface area contributed by atoms with Crippen LogP contribution in [0.2, 0.25) is 0 Å². The van der Waals surface area contributed by atoms with Gasteiger partial charge >= 0.3 is 0 Å². The van der Waals surface area contributed by atoms with Gasteiger partial charge in [-0.1, -0.05) is 12.1 Å². The van der Waals surface area contributed by atoms with Crippen molar-refractivity contribution in [3.63, 3.8) is 0 Å². The fraction of sp³-hybridized carbons (Fsp3) is 0. The Bertz CT molecular complexity index is 232. The van der Waals surface area contributed by atoms with Crippen LogP contribution in [0.1, 0.15) is 10.4 Å². The van der Waals surface area contributed by atoms with Gasteiger partial charge in [-0.2, -0.15) is 0 Å². The summed E-state index contributed by atoms with van der Waals surface area (Å²) in [5.41, 5.74) is 1.36. The molecular weight excluding hydrogens is 126 g/mol. The molecule has 0 bridgehead atoms. The fourth-order valence-corrected chi connectivity index (χ4v) is 0.696. The lowest BCUT2D eigenvalue weighted by atomic mass is 10.2. The fourth-order valence-electron chi connectivity index (χ4n) is 0.696. The van der Waals surface area contributed by atoms with Crippen LogP contribution in [0.15, 0.2) is 29.3 Å². The van der Waals surface area contributed by atoms with Gasteiger partial charge in [0.15, 0.2) is 0 Å². The summed E-state index contributed by atoms with van der Waals surface area (Å²) >= 11 is 0. The van der Waals surface area contributed by atoms with Crippen LogP contribution in [0.25, 0.3) is 0 Å². The van der Waals surface area contributed by atoms with E-state index in [0.717, 1.165) is 12.0 Å². The second-order valence-electron chi connectivity index (χ2n) is 1.87. The zero-order valence-electron chi connectivity index (χ0n) is 5.45. The quantitative estimate of drug-likeness (QED) is 0.447. The lowest BCUT2D eigenvalue weighted by Gasteiger charge is -1.90. The number of hydrogen-bond donors (Lipinski definition) is 0. The number of rotatable bonds is 2. The molecule has 2 heteroatoms. The van der Waals surface area contributed by atoms with E-state index in [0.29, 0.717) is 5.56 Å². The highest BCUT2D eigenvalue weighted by atomic mass is 16.1. The third-order valence-electron chi connectivity index (χ3n) is 1.19. The number of hydrogen-bond acceptors (Lipinski definition) is 2. The minimum atomic E-state index is 0.630. The van der Waals surface area contributed by atoms with Crippen molar-refractivity contribution >= 4 is 18.7 Å². The summed E-state index contributed by atoms with van der Waals surface area (Å²) in [6.07, 6.45) is 0.786. The van der Waals surface area contributed by atoms with E-state index in [2.05, 4.69) is 11.7 Å². The highest BCUT2D eigenvalue weighted by Crippen LogP contribution is 2.10. The predicted octanol–water partition coefficient (Wildman–Crippen LogP) is 1.83. The van der Waals surface area contributed by atoms with Crippen LogP contribution in [0.5, 0.6) is 0 Å². The molecule has 0 radical (unpaired) electrons. The first-order valence-electron chi connectivity index (χ1n) is 2.89. The number of carbonyl (C=O) groups excluding carboxylic acids is 1. The summed E-state index contributed by atoms with van der Waals surface area (Å²) in [5, 5.41) is 0. The van der Waals surface area contributed by atoms with Crippen LogP contribution in [-0.4, -0.2) is 13.0 Å². The van der Waals surface area contributed by atoms with Crippen molar-refractivity contribution in [3.8, 4) is 0 Å². The highest BCUT2D eigenvalue weighted by Gasteiger charge is 1.89. The zero-order valence-corrected chi connectivity index (χ0v) is 5.45. The van der Waals surface area contributed by atoms with Crippen LogP contribution < -0.4 is 0 Å². The van der Waals surface area contributed by atoms with E-state index in [9.17, 15) is 4.79 Å². The number of aldehydes is 1. The van der Waals surface area contributed by atoms with Crippen LogP contribution >= 0.6 is 0 Å². The van der Waals surface area contributed by atoms with Crippen molar-refractivity contribution in [3.05, 3.63) is 29.8 Å². The first kappa shape index (κ1) is 6.68. The molecule has 0 heterocycles. The minimum absolute atomic E-state index is 0.630. The number of benzene rings is 1. The van der Waals surface area contributed by atoms with E-state index in [1.54, 1.807) is 24.3 Å². The van der Waals surface area contributed by atoms with Gasteiger partial charge in [-0.15, -0.1) is 0 Å². The molecule has 0 fully saturated rings. The lowest BCUT2D eigenvalue weighted by molar-refractivity contribution is 0.112. The summed E-state index contributed by atoms with van der Waals surface area (Å²) in [6.45, 7) is 3.34. The normalized spacial score (nSPS) is 8.80. The molecule has 0 atom stereocenters. The average molecular weight is 133 g/mol. The van der Waals surface area contributed by atoms with Crippen molar-refractivity contribution < 1.29 is 4.79 Å². The smallest absolute Gasteiger partial charge is 0.150 e. The standard InChI is InChI=1S/C8H7NO/c1-9-8-4-2-3-7(5-8)6-10/h2-6H,1H2. The van der Waals surface area contributed by atoms with Gasteiger partial charge in [0.05, 0.1) is 5.69 Å². The predicted molar refractivity (Wildman–Crippen MR) is 41.0 cm³/mol. The Morgan fingerprint density at radius 1 is 1.50 bits per heavy atom. The van der Waals surface area contributed by atoms with Crippen LogP contribution in [0, 0.1) is 0 Å². The summed E-state index contributed by atoms with van der Waals surface area (Å²) in [7, 11) is 0. The largest absolute Gasteiger partial charge is 0.298 e. The second-order valence-corrected chi connectivity index (χ2v) is 1.87. The molecule has 0 unspecified atom stereocenters. The molecule has 0 spiro atoms. The molecule has 1 aromatic rings. The van der Waals surface area contributed by atoms with Gasteiger partial charge in [0.25, 0.3) is 0 Å². The van der Waals surface area contributed by atoms with Gasteiger partial charge in [-0.25, -0.2) is 0 Å². The van der Waals surface area contributed by atoms with E-state index < -0.39 is 0 Å². The number of nitrogens with zero attached hydrogens (tertiary/aromatic N) is 1. The van der Waals surface area contributed by atoms with Crippen molar-refractivity contribution in [2.75, 3.05) is 0 Å². The summed E-state index contributed by atoms with van der Waals surface area (Å²) in [4.78, 5) is 13.9. The molecule has 1 rings (SSSR count). The Morgan fingerprint density at radius 2 is 2.30 bits per heavy atom. The molecule has 1 aromatic carbocycles. The Labute approximate surface area is 59.2 Å². The van der Waals surface area contributed by atoms with Gasteiger partial charge in [-0.05, 0) is 18.9 Å². The average Bonchev–Trinajstić information content (AvgIpc) is 2.05. The summed E-state index contributed by atoms with van der Waals surface area (Å²) in [5.74, 6) is 0. The second kappa shape index (κ2) is 2.92. The Morgan fingerprint density at radius 3 is 2.90 bits per heavy atom. The number of aliphatic imine (C=N–C) groups is 1. The van der Waals surface area contributed by atoms with Crippen molar-refractivity contribution in [1.29, 1.82) is 0 Å². The monoisotopic (exact) mass is 133 g/mol. The van der Waals surface area contributed by atoms with Gasteiger partial charge in [0.2, 0.25) is 0 Å². The number of carbonyl (C=O) groups is 1. The van der Waals surface area contributed by atoms with Gasteiger partial charge in [0, 0.05) is 5.56 Å². The van der Waals surface area contributed by atoms with E-state index in [1.165, 1.54) is 0 Å². The maximum absolute atomic E-state index is 10.2. The SMILES string of the molecule is C=Nc1cccc(C=O)c1. The maximum atomic E-state index is 10.2. The minimum Gasteiger partial charge on any atom is -0.298 e. The molecule has 0 saturated heterocycles. The van der Waals surface area contributed by atoms with E-state index >= 15 is 0 Å². The zero-order chi connectivity index (χ0) is 7.40. The molecule has 0 amide bonds. The maximum Gasteiger partial charge on any atom is 0.150 e. The third-order valence-corrected chi connectivity index (χ3v) is 1.19. The molecule has 0 aliphatic carbocycles. The van der Waals surface area contributed by atoms with Crippen LogP contribution in [-0.2, 0) is 0 Å². The van der Waals surface area contributed by atoms with Gasteiger partial charge in [-0.3, -0.25) is 9.79 Å². The molecule has 0 N–H and O–H groups in total. The lowest BCUT2D eigenvalue weighted by Crippen LogP contribution is -1.75. The summed E-state index contributed by atoms with van der Waals surface area (Å²) in [6, 6.07) is 6.97. The molecule has 10 heavy (non-hydrogen) atoms. The molecule has 0 aliphatic heterocycles.